The molecule has 0 spiro atoms. The van der Waals surface area contributed by atoms with Crippen LogP contribution in [0.15, 0.2) is 0 Å². The van der Waals surface area contributed by atoms with Gasteiger partial charge in [0, 0.05) is 0 Å². The van der Waals surface area contributed by atoms with Gasteiger partial charge < -0.3 is 9.07 Å². The van der Waals surface area contributed by atoms with Gasteiger partial charge in [0.1, 0.15) is 0 Å². The molecule has 0 nitrogen and oxygen atoms in total. The molecule has 0 N–H and O–H groups in total. The van der Waals surface area contributed by atoms with Crippen LogP contribution >= 0.6 is 9.07 Å². The SMILES string of the molecule is CCCCC(C)[CH2][Mg][Cl]. The third kappa shape index (κ3) is 6.95. The van der Waals surface area contributed by atoms with E-state index >= 15 is 0 Å². The van der Waals surface area contributed by atoms with Crippen LogP contribution in [-0.4, -0.2) is 19.3 Å². The van der Waals surface area contributed by atoms with Crippen LogP contribution in [0, 0.1) is 5.92 Å². The molecule has 0 radical (unpaired) electrons. The first-order valence-corrected chi connectivity index (χ1v) is 7.01. The Kier molecular flexibility index (Phi) is 8.01. The quantitative estimate of drug-likeness (QED) is 0.540. The molecule has 0 aromatic rings. The number of hydrogen-bond acceptors (Lipinski definition) is 0. The van der Waals surface area contributed by atoms with E-state index in [2.05, 4.69) is 13.8 Å². The summed E-state index contributed by atoms with van der Waals surface area (Å²) in [6, 6.07) is 0. The van der Waals surface area contributed by atoms with E-state index in [9.17, 15) is 0 Å². The van der Waals surface area contributed by atoms with Crippen LogP contribution in [0.25, 0.3) is 0 Å². The van der Waals surface area contributed by atoms with Gasteiger partial charge in [0.15, 0.2) is 0 Å². The number of rotatable bonds is 5. The Morgan fingerprint density at radius 2 is 2.22 bits per heavy atom. The summed E-state index contributed by atoms with van der Waals surface area (Å²) < 4.78 is 1.32. The van der Waals surface area contributed by atoms with Gasteiger partial charge in [0.05, 0.1) is 0 Å². The monoisotopic (exact) mass is 158 g/mol. The van der Waals surface area contributed by atoms with Crippen molar-refractivity contribution >= 4 is 28.3 Å². The van der Waals surface area contributed by atoms with E-state index < -0.39 is 0 Å². The second kappa shape index (κ2) is 7.17. The summed E-state index contributed by atoms with van der Waals surface area (Å²) in [5.41, 5.74) is 0. The van der Waals surface area contributed by atoms with Crippen molar-refractivity contribution in [3.8, 4) is 0 Å². The van der Waals surface area contributed by atoms with Gasteiger partial charge in [-0.25, -0.2) is 0 Å². The molecular weight excluding hydrogens is 144 g/mol. The highest BCUT2D eigenvalue weighted by atomic mass is 35.5. The molecular formula is C7H15ClMg. The fraction of sp³-hybridized carbons (Fsp3) is 1.00. The molecule has 0 bridgehead atoms. The summed E-state index contributed by atoms with van der Waals surface area (Å²) >= 11 is -0.189. The van der Waals surface area contributed by atoms with Crippen LogP contribution in [0.5, 0.6) is 0 Å². The maximum Gasteiger partial charge on any atom is 0.501 e. The average molecular weight is 159 g/mol. The lowest BCUT2D eigenvalue weighted by Gasteiger charge is -2.06. The third-order valence-corrected chi connectivity index (χ3v) is 3.51. The van der Waals surface area contributed by atoms with Crippen molar-refractivity contribution in [3.63, 3.8) is 0 Å². The highest BCUT2D eigenvalue weighted by Gasteiger charge is 2.01. The minimum Gasteiger partial charge on any atom is -0.346 e. The smallest absolute Gasteiger partial charge is 0.346 e. The summed E-state index contributed by atoms with van der Waals surface area (Å²) in [6.45, 7) is 4.55. The molecule has 0 aliphatic rings. The van der Waals surface area contributed by atoms with Crippen molar-refractivity contribution in [3.05, 3.63) is 0 Å². The van der Waals surface area contributed by atoms with Gasteiger partial charge in [-0.3, -0.25) is 0 Å². The molecule has 0 aromatic carbocycles. The molecule has 0 aliphatic carbocycles. The Bertz CT molecular complexity index is 56.9. The lowest BCUT2D eigenvalue weighted by molar-refractivity contribution is 0.549. The van der Waals surface area contributed by atoms with Gasteiger partial charge in [-0.1, -0.05) is 39.0 Å². The van der Waals surface area contributed by atoms with Crippen molar-refractivity contribution in [2.45, 2.75) is 37.7 Å². The number of unbranched alkanes of at least 4 members (excludes halogenated alkanes) is 1. The number of halogens is 1. The molecule has 1 unspecified atom stereocenters. The van der Waals surface area contributed by atoms with E-state index in [1.165, 1.54) is 23.8 Å². The standard InChI is InChI=1S/C7H15.ClH.Mg/c1-4-5-6-7(2)3;;/h7H,2,4-6H2,1,3H3;1H;/q;;+1/p-1. The zero-order chi connectivity index (χ0) is 7.11. The molecule has 0 saturated carbocycles. The summed E-state index contributed by atoms with van der Waals surface area (Å²) in [4.78, 5) is 0. The molecule has 1 atom stereocenters. The molecule has 0 aromatic heterocycles. The van der Waals surface area contributed by atoms with E-state index in [0.29, 0.717) is 0 Å². The fourth-order valence-electron chi connectivity index (χ4n) is 0.883. The summed E-state index contributed by atoms with van der Waals surface area (Å²) in [7, 11) is 5.71. The number of hydrogen-bond donors (Lipinski definition) is 0. The normalized spacial score (nSPS) is 12.8. The maximum absolute atomic E-state index is 5.71. The van der Waals surface area contributed by atoms with Crippen LogP contribution in [0.2, 0.25) is 4.55 Å². The first kappa shape index (κ1) is 10.1. The van der Waals surface area contributed by atoms with E-state index in [0.717, 1.165) is 5.92 Å². The Morgan fingerprint density at radius 3 is 2.67 bits per heavy atom. The van der Waals surface area contributed by atoms with E-state index in [4.69, 9.17) is 9.07 Å². The van der Waals surface area contributed by atoms with Gasteiger partial charge >= 0.3 is 19.3 Å². The minimum absolute atomic E-state index is 0.189. The van der Waals surface area contributed by atoms with Crippen LogP contribution in [-0.2, 0) is 0 Å². The summed E-state index contributed by atoms with van der Waals surface area (Å²) in [5, 5.41) is 0. The predicted octanol–water partition coefficient (Wildman–Crippen LogP) is 3.09. The van der Waals surface area contributed by atoms with Crippen LogP contribution in [0.4, 0.5) is 0 Å². The lowest BCUT2D eigenvalue weighted by atomic mass is 10.1. The highest BCUT2D eigenvalue weighted by Crippen LogP contribution is 2.11. The largest absolute Gasteiger partial charge is 0.501 e. The van der Waals surface area contributed by atoms with Crippen molar-refractivity contribution in [2.75, 3.05) is 0 Å². The second-order valence-corrected chi connectivity index (χ2v) is 4.81. The zero-order valence-corrected chi connectivity index (χ0v) is 8.66. The molecule has 0 amide bonds. The van der Waals surface area contributed by atoms with Gasteiger partial charge in [0.2, 0.25) is 0 Å². The van der Waals surface area contributed by atoms with Crippen LogP contribution < -0.4 is 0 Å². The van der Waals surface area contributed by atoms with E-state index in [1.807, 2.05) is 0 Å². The zero-order valence-electron chi connectivity index (χ0n) is 6.49. The van der Waals surface area contributed by atoms with Crippen molar-refractivity contribution in [1.82, 2.24) is 0 Å². The first-order valence-electron chi connectivity index (χ1n) is 3.87. The third-order valence-electron chi connectivity index (χ3n) is 1.65. The van der Waals surface area contributed by atoms with Gasteiger partial charge in [-0.15, -0.1) is 4.55 Å². The van der Waals surface area contributed by atoms with Gasteiger partial charge in [-0.05, 0) is 0 Å². The molecule has 0 saturated heterocycles. The van der Waals surface area contributed by atoms with Gasteiger partial charge in [-0.2, -0.15) is 0 Å². The summed E-state index contributed by atoms with van der Waals surface area (Å²) in [6.07, 6.45) is 4.09. The first-order chi connectivity index (χ1) is 4.31. The minimum atomic E-state index is -0.189. The Morgan fingerprint density at radius 1 is 1.56 bits per heavy atom. The molecule has 2 heteroatoms. The molecule has 0 heterocycles. The molecule has 0 fully saturated rings. The topological polar surface area (TPSA) is 0 Å². The Labute approximate surface area is 71.9 Å². The molecule has 0 rings (SSSR count). The molecule has 52 valence electrons. The fourth-order valence-corrected chi connectivity index (χ4v) is 2.66. The van der Waals surface area contributed by atoms with E-state index in [-0.39, 0.29) is 19.3 Å². The van der Waals surface area contributed by atoms with Crippen molar-refractivity contribution in [2.24, 2.45) is 5.92 Å². The molecule has 0 aliphatic heterocycles. The Balaban J connectivity index is 2.95. The van der Waals surface area contributed by atoms with Crippen LogP contribution in [0.3, 0.4) is 0 Å². The second-order valence-electron chi connectivity index (χ2n) is 2.73. The highest BCUT2D eigenvalue weighted by molar-refractivity contribution is 6.93. The van der Waals surface area contributed by atoms with Gasteiger partial charge in [0.25, 0.3) is 0 Å². The summed E-state index contributed by atoms with van der Waals surface area (Å²) in [5.74, 6) is 0.897. The van der Waals surface area contributed by atoms with Crippen molar-refractivity contribution in [1.29, 1.82) is 0 Å². The van der Waals surface area contributed by atoms with E-state index in [1.54, 1.807) is 0 Å². The lowest BCUT2D eigenvalue weighted by Crippen LogP contribution is -1.95. The Hall–Kier alpha value is 1.06. The predicted molar refractivity (Wildman–Crippen MR) is 45.1 cm³/mol. The van der Waals surface area contributed by atoms with Crippen LogP contribution in [0.1, 0.15) is 33.1 Å². The average Bonchev–Trinajstić information content (AvgIpc) is 1.85. The molecule has 9 heavy (non-hydrogen) atoms. The maximum atomic E-state index is 5.71. The van der Waals surface area contributed by atoms with Crippen molar-refractivity contribution < 1.29 is 0 Å².